The van der Waals surface area contributed by atoms with Gasteiger partial charge in [0.25, 0.3) is 0 Å². The molecule has 1 atom stereocenters. The molecule has 0 spiro atoms. The molecule has 2 aromatic carbocycles. The van der Waals surface area contributed by atoms with Crippen LogP contribution in [-0.4, -0.2) is 32.8 Å². The largest absolute Gasteiger partial charge is 0.489 e. The molecule has 1 N–H and O–H groups in total. The molecule has 3 aromatic rings. The molecular weight excluding hydrogens is 418 g/mol. The van der Waals surface area contributed by atoms with Crippen molar-refractivity contribution in [2.24, 2.45) is 0 Å². The second kappa shape index (κ2) is 9.28. The fourth-order valence-electron chi connectivity index (χ4n) is 3.88. The number of hydrogen-bond donors (Lipinski definition) is 1. The highest BCUT2D eigenvalue weighted by Crippen LogP contribution is 2.35. The summed E-state index contributed by atoms with van der Waals surface area (Å²) in [6, 6.07) is 11.4. The van der Waals surface area contributed by atoms with Gasteiger partial charge in [-0.15, -0.1) is 0 Å². The molecule has 0 aliphatic carbocycles. The van der Waals surface area contributed by atoms with Gasteiger partial charge in [-0.2, -0.15) is 4.68 Å². The number of benzene rings is 2. The van der Waals surface area contributed by atoms with Gasteiger partial charge in [0, 0.05) is 5.70 Å². The number of aromatic nitrogens is 4. The van der Waals surface area contributed by atoms with E-state index in [4.69, 9.17) is 9.47 Å². The van der Waals surface area contributed by atoms with Gasteiger partial charge in [0.1, 0.15) is 25.0 Å². The van der Waals surface area contributed by atoms with Crippen LogP contribution in [0.2, 0.25) is 0 Å². The maximum absolute atomic E-state index is 12.8. The highest BCUT2D eigenvalue weighted by atomic mass is 16.5. The Morgan fingerprint density at radius 3 is 2.58 bits per heavy atom. The second-order valence-electron chi connectivity index (χ2n) is 8.12. The lowest BCUT2D eigenvalue weighted by atomic mass is 9.96. The number of carbonyl (C=O) groups is 1. The highest BCUT2D eigenvalue weighted by Gasteiger charge is 2.34. The molecule has 0 radical (unpaired) electrons. The Morgan fingerprint density at radius 1 is 1.12 bits per heavy atom. The van der Waals surface area contributed by atoms with Gasteiger partial charge in [0.05, 0.1) is 5.57 Å². The molecule has 0 fully saturated rings. The summed E-state index contributed by atoms with van der Waals surface area (Å²) in [6.45, 7) is 12.3. The van der Waals surface area contributed by atoms with E-state index >= 15 is 0 Å². The van der Waals surface area contributed by atoms with Crippen LogP contribution < -0.4 is 10.1 Å². The Balaban J connectivity index is 1.58. The van der Waals surface area contributed by atoms with E-state index in [1.54, 1.807) is 11.6 Å². The summed E-state index contributed by atoms with van der Waals surface area (Å²) in [5.74, 6) is 0.749. The van der Waals surface area contributed by atoms with E-state index in [-0.39, 0.29) is 6.61 Å². The van der Waals surface area contributed by atoms with E-state index in [0.717, 1.165) is 16.9 Å². The summed E-state index contributed by atoms with van der Waals surface area (Å²) in [5, 5.41) is 14.9. The molecule has 0 amide bonds. The Bertz CT molecular complexity index is 1230. The fourth-order valence-corrected chi connectivity index (χ4v) is 3.88. The van der Waals surface area contributed by atoms with Gasteiger partial charge in [0.2, 0.25) is 5.95 Å². The molecule has 1 aromatic heterocycles. The van der Waals surface area contributed by atoms with Crippen molar-refractivity contribution in [2.45, 2.75) is 40.3 Å². The quantitative estimate of drug-likeness (QED) is 0.431. The van der Waals surface area contributed by atoms with Gasteiger partial charge in [-0.1, -0.05) is 42.0 Å². The van der Waals surface area contributed by atoms with Crippen LogP contribution in [-0.2, 0) is 16.1 Å². The van der Waals surface area contributed by atoms with Crippen molar-refractivity contribution < 1.29 is 14.3 Å². The first-order chi connectivity index (χ1) is 15.9. The Hall–Kier alpha value is -3.94. The lowest BCUT2D eigenvalue weighted by molar-refractivity contribution is -0.138. The molecule has 4 rings (SSSR count). The summed E-state index contributed by atoms with van der Waals surface area (Å²) in [5.41, 5.74) is 6.80. The van der Waals surface area contributed by atoms with Crippen molar-refractivity contribution in [3.8, 4) is 5.75 Å². The van der Waals surface area contributed by atoms with Crippen LogP contribution in [0, 0.1) is 20.8 Å². The number of allylic oxidation sites excluding steroid dienone is 1. The number of carbonyl (C=O) groups excluding carboxylic acids is 1. The van der Waals surface area contributed by atoms with Crippen molar-refractivity contribution in [1.29, 1.82) is 0 Å². The number of anilines is 1. The van der Waals surface area contributed by atoms with Crippen LogP contribution in [0.3, 0.4) is 0 Å². The monoisotopic (exact) mass is 445 g/mol. The second-order valence-corrected chi connectivity index (χ2v) is 8.12. The zero-order valence-corrected chi connectivity index (χ0v) is 19.3. The highest BCUT2D eigenvalue weighted by molar-refractivity contribution is 5.92. The van der Waals surface area contributed by atoms with E-state index in [1.165, 1.54) is 22.8 Å². The van der Waals surface area contributed by atoms with Crippen LogP contribution in [0.15, 0.2) is 60.3 Å². The Kier molecular flexibility index (Phi) is 6.26. The van der Waals surface area contributed by atoms with Gasteiger partial charge in [-0.25, -0.2) is 4.79 Å². The van der Waals surface area contributed by atoms with Crippen molar-refractivity contribution in [1.82, 2.24) is 20.2 Å². The van der Waals surface area contributed by atoms with E-state index in [0.29, 0.717) is 23.8 Å². The predicted molar refractivity (Wildman–Crippen MR) is 125 cm³/mol. The summed E-state index contributed by atoms with van der Waals surface area (Å²) in [4.78, 5) is 12.8. The number of esters is 1. The van der Waals surface area contributed by atoms with Crippen molar-refractivity contribution in [3.05, 3.63) is 88.1 Å². The molecule has 170 valence electrons. The van der Waals surface area contributed by atoms with Crippen LogP contribution in [0.5, 0.6) is 5.75 Å². The summed E-state index contributed by atoms with van der Waals surface area (Å²) < 4.78 is 12.9. The topological polar surface area (TPSA) is 91.2 Å². The van der Waals surface area contributed by atoms with Crippen LogP contribution in [0.1, 0.15) is 40.8 Å². The molecule has 33 heavy (non-hydrogen) atoms. The number of nitrogens with one attached hydrogen (secondary N) is 1. The molecule has 1 unspecified atom stereocenters. The molecule has 8 heteroatoms. The third kappa shape index (κ3) is 4.50. The number of hydrogen-bond acceptors (Lipinski definition) is 7. The molecule has 1 aliphatic rings. The van der Waals surface area contributed by atoms with Gasteiger partial charge in [-0.3, -0.25) is 0 Å². The van der Waals surface area contributed by atoms with Crippen LogP contribution in [0.4, 0.5) is 5.95 Å². The van der Waals surface area contributed by atoms with E-state index in [2.05, 4.69) is 60.3 Å². The normalized spacial score (nSPS) is 15.0. The van der Waals surface area contributed by atoms with Crippen molar-refractivity contribution in [3.63, 3.8) is 0 Å². The van der Waals surface area contributed by atoms with Gasteiger partial charge in [0.15, 0.2) is 0 Å². The maximum atomic E-state index is 12.8. The van der Waals surface area contributed by atoms with Crippen LogP contribution >= 0.6 is 0 Å². The van der Waals surface area contributed by atoms with Gasteiger partial charge >= 0.3 is 5.97 Å². The number of aryl methyl sites for hydroxylation is 3. The Labute approximate surface area is 192 Å². The first-order valence-corrected chi connectivity index (χ1v) is 10.7. The molecule has 0 saturated carbocycles. The fraction of sp³-hybridized carbons (Fsp3) is 0.280. The SMILES string of the molecule is C=CCOC(=O)C1=C(C)Nc2nnnn2C1c1ccc(OCc2cc(C)c(C)cc2C)cc1. The van der Waals surface area contributed by atoms with Gasteiger partial charge in [-0.05, 0) is 78.1 Å². The first kappa shape index (κ1) is 22.3. The Morgan fingerprint density at radius 2 is 1.85 bits per heavy atom. The minimum atomic E-state index is -0.524. The number of nitrogens with zero attached hydrogens (tertiary/aromatic N) is 4. The van der Waals surface area contributed by atoms with Crippen molar-refractivity contribution >= 4 is 11.9 Å². The zero-order chi connectivity index (χ0) is 23.5. The summed E-state index contributed by atoms with van der Waals surface area (Å²) in [7, 11) is 0. The van der Waals surface area contributed by atoms with Crippen molar-refractivity contribution in [2.75, 3.05) is 11.9 Å². The number of fused-ring (bicyclic) bond motifs is 1. The summed E-state index contributed by atoms with van der Waals surface area (Å²) >= 11 is 0. The minimum absolute atomic E-state index is 0.121. The molecular formula is C25H27N5O3. The van der Waals surface area contributed by atoms with E-state index in [9.17, 15) is 4.79 Å². The molecule has 0 bridgehead atoms. The van der Waals surface area contributed by atoms with Crippen LogP contribution in [0.25, 0.3) is 0 Å². The number of rotatable bonds is 7. The summed E-state index contributed by atoms with van der Waals surface area (Å²) in [6.07, 6.45) is 1.53. The minimum Gasteiger partial charge on any atom is -0.489 e. The smallest absolute Gasteiger partial charge is 0.338 e. The predicted octanol–water partition coefficient (Wildman–Crippen LogP) is 4.20. The number of ether oxygens (including phenoxy) is 2. The number of tetrazole rings is 1. The first-order valence-electron chi connectivity index (χ1n) is 10.7. The maximum Gasteiger partial charge on any atom is 0.338 e. The van der Waals surface area contributed by atoms with E-state index in [1.807, 2.05) is 24.3 Å². The van der Waals surface area contributed by atoms with E-state index < -0.39 is 12.0 Å². The van der Waals surface area contributed by atoms with Gasteiger partial charge < -0.3 is 14.8 Å². The average molecular weight is 446 g/mol. The third-order valence-electron chi connectivity index (χ3n) is 5.81. The molecule has 0 saturated heterocycles. The molecule has 8 nitrogen and oxygen atoms in total. The lowest BCUT2D eigenvalue weighted by Gasteiger charge is -2.27. The zero-order valence-electron chi connectivity index (χ0n) is 19.3. The molecule has 2 heterocycles. The molecule has 1 aliphatic heterocycles. The standard InChI is InChI=1S/C25H27N5O3/c1-6-11-32-24(31)22-18(5)26-25-27-28-29-30(25)23(22)19-7-9-21(10-8-19)33-14-20-13-16(3)15(2)12-17(20)4/h6-10,12-13,23H,1,11,14H2,2-5H3,(H,26,27,29). The third-order valence-corrected chi connectivity index (χ3v) is 5.81. The lowest BCUT2D eigenvalue weighted by Crippen LogP contribution is -2.29. The average Bonchev–Trinajstić information content (AvgIpc) is 3.26.